The zero-order chi connectivity index (χ0) is 13.4. The topological polar surface area (TPSA) is 80.9 Å². The molecule has 2 rings (SSSR count). The molecule has 0 aliphatic heterocycles. The largest absolute Gasteiger partial charge is 0.507 e. The van der Waals surface area contributed by atoms with Gasteiger partial charge in [-0.25, -0.2) is 0 Å². The van der Waals surface area contributed by atoms with Crippen LogP contribution in [0.2, 0.25) is 0 Å². The molecule has 0 amide bonds. The van der Waals surface area contributed by atoms with Gasteiger partial charge >= 0.3 is 0 Å². The second-order valence-electron chi connectivity index (χ2n) is 4.30. The van der Waals surface area contributed by atoms with Gasteiger partial charge in [0.25, 0.3) is 0 Å². The molecule has 0 fully saturated rings. The van der Waals surface area contributed by atoms with E-state index in [0.29, 0.717) is 11.1 Å². The number of aromatic hydroxyl groups is 4. The fourth-order valence-electron chi connectivity index (χ4n) is 2.00. The molecule has 0 atom stereocenters. The molecular weight excluding hydrogens is 232 g/mol. The number of hydrogen-bond acceptors (Lipinski definition) is 4. The van der Waals surface area contributed by atoms with Gasteiger partial charge in [-0.2, -0.15) is 0 Å². The predicted octanol–water partition coefficient (Wildman–Crippen LogP) is 2.79. The monoisotopic (exact) mass is 246 g/mol. The van der Waals surface area contributed by atoms with Crippen molar-refractivity contribution >= 4 is 0 Å². The number of rotatable bonds is 1. The van der Waals surface area contributed by atoms with Crippen LogP contribution < -0.4 is 0 Å². The Bertz CT molecular complexity index is 594. The first kappa shape index (κ1) is 12.1. The van der Waals surface area contributed by atoms with Crippen molar-refractivity contribution in [2.75, 3.05) is 0 Å². The Hall–Kier alpha value is -2.36. The van der Waals surface area contributed by atoms with Gasteiger partial charge in [-0.1, -0.05) is 6.07 Å². The van der Waals surface area contributed by atoms with E-state index in [1.54, 1.807) is 19.9 Å². The van der Waals surface area contributed by atoms with Gasteiger partial charge in [-0.15, -0.1) is 0 Å². The average Bonchev–Trinajstić information content (AvgIpc) is 2.27. The predicted molar refractivity (Wildman–Crippen MR) is 68.0 cm³/mol. The van der Waals surface area contributed by atoms with Crippen LogP contribution in [0.4, 0.5) is 0 Å². The van der Waals surface area contributed by atoms with Crippen LogP contribution in [0, 0.1) is 13.8 Å². The number of benzene rings is 2. The molecule has 0 unspecified atom stereocenters. The van der Waals surface area contributed by atoms with Gasteiger partial charge in [-0.3, -0.25) is 0 Å². The summed E-state index contributed by atoms with van der Waals surface area (Å²) in [5.41, 5.74) is 1.68. The minimum absolute atomic E-state index is 0.117. The van der Waals surface area contributed by atoms with E-state index in [2.05, 4.69) is 0 Å². The molecule has 2 aromatic carbocycles. The third-order valence-electron chi connectivity index (χ3n) is 2.86. The van der Waals surface area contributed by atoms with Crippen molar-refractivity contribution in [1.82, 2.24) is 0 Å². The third-order valence-corrected chi connectivity index (χ3v) is 2.86. The lowest BCUT2D eigenvalue weighted by Crippen LogP contribution is -1.88. The minimum Gasteiger partial charge on any atom is -0.507 e. The lowest BCUT2D eigenvalue weighted by molar-refractivity contribution is 0.403. The molecule has 0 heterocycles. The Balaban J connectivity index is 2.81. The van der Waals surface area contributed by atoms with Gasteiger partial charge in [0.2, 0.25) is 0 Å². The van der Waals surface area contributed by atoms with Crippen molar-refractivity contribution in [2.45, 2.75) is 13.8 Å². The lowest BCUT2D eigenvalue weighted by atomic mass is 9.96. The van der Waals surface area contributed by atoms with Crippen LogP contribution in [0.5, 0.6) is 23.0 Å². The fraction of sp³-hybridized carbons (Fsp3) is 0.143. The summed E-state index contributed by atoms with van der Waals surface area (Å²) in [6.45, 7) is 3.45. The van der Waals surface area contributed by atoms with Crippen molar-refractivity contribution in [3.8, 4) is 34.1 Å². The SMILES string of the molecule is Cc1cc(O)c(-c2c(C)ccc(O)c2O)c(O)c1. The Morgan fingerprint density at radius 2 is 1.28 bits per heavy atom. The van der Waals surface area contributed by atoms with Crippen LogP contribution in [0.15, 0.2) is 24.3 Å². The molecule has 0 spiro atoms. The maximum Gasteiger partial charge on any atom is 0.165 e. The number of phenols is 4. The minimum atomic E-state index is -0.357. The number of hydrogen-bond donors (Lipinski definition) is 4. The van der Waals surface area contributed by atoms with E-state index < -0.39 is 0 Å². The van der Waals surface area contributed by atoms with Gasteiger partial charge in [0.1, 0.15) is 11.5 Å². The summed E-state index contributed by atoms with van der Waals surface area (Å²) in [5, 5.41) is 39.2. The highest BCUT2D eigenvalue weighted by molar-refractivity contribution is 5.84. The zero-order valence-corrected chi connectivity index (χ0v) is 10.1. The number of aryl methyl sites for hydroxylation is 2. The maximum absolute atomic E-state index is 9.91. The molecule has 0 saturated heterocycles. The fourth-order valence-corrected chi connectivity index (χ4v) is 2.00. The molecule has 4 N–H and O–H groups in total. The number of phenolic OH excluding ortho intramolecular Hbond substituents is 4. The van der Waals surface area contributed by atoms with Crippen LogP contribution >= 0.6 is 0 Å². The Morgan fingerprint density at radius 1 is 0.722 bits per heavy atom. The lowest BCUT2D eigenvalue weighted by Gasteiger charge is -2.13. The Labute approximate surface area is 104 Å². The molecule has 4 nitrogen and oxygen atoms in total. The van der Waals surface area contributed by atoms with Crippen molar-refractivity contribution < 1.29 is 20.4 Å². The summed E-state index contributed by atoms with van der Waals surface area (Å²) >= 11 is 0. The zero-order valence-electron chi connectivity index (χ0n) is 10.1. The summed E-state index contributed by atoms with van der Waals surface area (Å²) in [6.07, 6.45) is 0. The normalized spacial score (nSPS) is 10.6. The second kappa shape index (κ2) is 4.14. The van der Waals surface area contributed by atoms with Crippen LogP contribution in [0.1, 0.15) is 11.1 Å². The average molecular weight is 246 g/mol. The first-order valence-corrected chi connectivity index (χ1v) is 5.46. The van der Waals surface area contributed by atoms with Gasteiger partial charge < -0.3 is 20.4 Å². The van der Waals surface area contributed by atoms with Crippen LogP contribution in [-0.2, 0) is 0 Å². The Kier molecular flexibility index (Phi) is 2.79. The van der Waals surface area contributed by atoms with E-state index in [4.69, 9.17) is 0 Å². The highest BCUT2D eigenvalue weighted by Gasteiger charge is 2.19. The molecule has 94 valence electrons. The van der Waals surface area contributed by atoms with Gasteiger partial charge in [-0.05, 0) is 43.2 Å². The quantitative estimate of drug-likeness (QED) is 0.583. The van der Waals surface area contributed by atoms with E-state index in [0.717, 1.165) is 0 Å². The van der Waals surface area contributed by atoms with Crippen LogP contribution in [0.3, 0.4) is 0 Å². The molecule has 4 heteroatoms. The summed E-state index contributed by atoms with van der Waals surface area (Å²) in [6, 6.07) is 5.93. The Morgan fingerprint density at radius 3 is 1.83 bits per heavy atom. The van der Waals surface area contributed by atoms with E-state index >= 15 is 0 Å². The van der Waals surface area contributed by atoms with Crippen molar-refractivity contribution in [1.29, 1.82) is 0 Å². The van der Waals surface area contributed by atoms with E-state index in [1.807, 2.05) is 0 Å². The van der Waals surface area contributed by atoms with Gasteiger partial charge in [0.05, 0.1) is 5.56 Å². The van der Waals surface area contributed by atoms with Crippen molar-refractivity contribution in [3.05, 3.63) is 35.4 Å². The van der Waals surface area contributed by atoms with E-state index in [-0.39, 0.29) is 34.1 Å². The van der Waals surface area contributed by atoms with Crippen molar-refractivity contribution in [2.24, 2.45) is 0 Å². The van der Waals surface area contributed by atoms with Crippen LogP contribution in [-0.4, -0.2) is 20.4 Å². The molecule has 18 heavy (non-hydrogen) atoms. The van der Waals surface area contributed by atoms with Gasteiger partial charge in [0, 0.05) is 5.56 Å². The van der Waals surface area contributed by atoms with E-state index in [9.17, 15) is 20.4 Å². The summed E-state index contributed by atoms with van der Waals surface area (Å²) < 4.78 is 0. The smallest absolute Gasteiger partial charge is 0.165 e. The summed E-state index contributed by atoms with van der Waals surface area (Å²) in [5.74, 6) is -0.938. The third kappa shape index (κ3) is 1.82. The van der Waals surface area contributed by atoms with Crippen molar-refractivity contribution in [3.63, 3.8) is 0 Å². The molecule has 0 aliphatic rings. The molecule has 0 bridgehead atoms. The van der Waals surface area contributed by atoms with E-state index in [1.165, 1.54) is 18.2 Å². The molecular formula is C14H14O4. The van der Waals surface area contributed by atoms with Crippen LogP contribution in [0.25, 0.3) is 11.1 Å². The second-order valence-corrected chi connectivity index (χ2v) is 4.30. The van der Waals surface area contributed by atoms with Gasteiger partial charge in [0.15, 0.2) is 11.5 Å². The molecule has 2 aromatic rings. The molecule has 0 radical (unpaired) electrons. The highest BCUT2D eigenvalue weighted by atomic mass is 16.3. The standard InChI is InChI=1S/C14H14O4/c1-7-5-10(16)13(11(17)6-7)12-8(2)3-4-9(15)14(12)18/h3-6,15-18H,1-2H3. The molecule has 0 saturated carbocycles. The first-order valence-electron chi connectivity index (χ1n) is 5.46. The molecule has 0 aromatic heterocycles. The molecule has 0 aliphatic carbocycles. The maximum atomic E-state index is 9.91. The highest BCUT2D eigenvalue weighted by Crippen LogP contribution is 2.46. The summed E-state index contributed by atoms with van der Waals surface area (Å²) in [7, 11) is 0. The first-order chi connectivity index (χ1) is 8.41. The summed E-state index contributed by atoms with van der Waals surface area (Å²) in [4.78, 5) is 0.